The van der Waals surface area contributed by atoms with Crippen LogP contribution in [0.1, 0.15) is 23.7 Å². The van der Waals surface area contributed by atoms with E-state index in [2.05, 4.69) is 10.1 Å². The number of amides is 1. The Balaban J connectivity index is 1.72. The van der Waals surface area contributed by atoms with Gasteiger partial charge >= 0.3 is 6.61 Å². The molecule has 3 rings (SSSR count). The molecule has 1 aliphatic rings. The van der Waals surface area contributed by atoms with Crippen molar-refractivity contribution in [1.29, 1.82) is 0 Å². The molecule has 2 aromatic rings. The topological polar surface area (TPSA) is 51.5 Å². The van der Waals surface area contributed by atoms with Crippen molar-refractivity contribution in [3.63, 3.8) is 0 Å². The molecule has 4 nitrogen and oxygen atoms in total. The molecule has 116 valence electrons. The van der Waals surface area contributed by atoms with Crippen LogP contribution in [0.2, 0.25) is 0 Å². The van der Waals surface area contributed by atoms with Gasteiger partial charge in [0.05, 0.1) is 12.0 Å². The van der Waals surface area contributed by atoms with E-state index in [9.17, 15) is 13.6 Å². The summed E-state index contributed by atoms with van der Waals surface area (Å²) >= 11 is 0. The second-order valence-corrected chi connectivity index (χ2v) is 5.28. The van der Waals surface area contributed by atoms with Gasteiger partial charge in [0.15, 0.2) is 0 Å². The molecule has 1 heterocycles. The molecule has 0 spiro atoms. The number of hydrogen-bond donors (Lipinski definition) is 1. The Morgan fingerprint density at radius 2 is 2.18 bits per heavy atom. The van der Waals surface area contributed by atoms with Gasteiger partial charge in [-0.25, -0.2) is 0 Å². The maximum Gasteiger partial charge on any atom is 0.387 e. The van der Waals surface area contributed by atoms with Crippen LogP contribution in [0, 0.1) is 12.8 Å². The van der Waals surface area contributed by atoms with E-state index < -0.39 is 6.61 Å². The molecule has 0 bridgehead atoms. The molecule has 1 aliphatic carbocycles. The average molecular weight is 307 g/mol. The first-order valence-electron chi connectivity index (χ1n) is 6.95. The zero-order chi connectivity index (χ0) is 15.7. The predicted molar refractivity (Wildman–Crippen MR) is 76.0 cm³/mol. The molecule has 2 atom stereocenters. The van der Waals surface area contributed by atoms with Gasteiger partial charge in [-0.1, -0.05) is 12.1 Å². The zero-order valence-corrected chi connectivity index (χ0v) is 11.9. The SMILES string of the molecule is Cc1cccc(OC(F)F)c1NC(=O)[C@H]1C[C@@H]1c1ccco1. The van der Waals surface area contributed by atoms with E-state index in [1.807, 2.05) is 6.07 Å². The van der Waals surface area contributed by atoms with Crippen LogP contribution in [0.5, 0.6) is 5.75 Å². The first-order chi connectivity index (χ1) is 10.6. The minimum absolute atomic E-state index is 0.0291. The largest absolute Gasteiger partial charge is 0.469 e. The van der Waals surface area contributed by atoms with E-state index in [0.717, 1.165) is 5.76 Å². The molecular weight excluding hydrogens is 292 g/mol. The highest BCUT2D eigenvalue weighted by Gasteiger charge is 2.46. The normalized spacial score (nSPS) is 20.0. The van der Waals surface area contributed by atoms with Crippen LogP contribution in [0.4, 0.5) is 14.5 Å². The standard InChI is InChI=1S/C16H15F2NO3/c1-9-4-2-5-13(22-16(17)18)14(9)19-15(20)11-8-10(11)12-6-3-7-21-12/h2-7,10-11,16H,8H2,1H3,(H,19,20)/t10-,11-/m0/s1. The second-order valence-electron chi connectivity index (χ2n) is 5.28. The van der Waals surface area contributed by atoms with E-state index >= 15 is 0 Å². The van der Waals surface area contributed by atoms with Crippen LogP contribution in [0.25, 0.3) is 0 Å². The summed E-state index contributed by atoms with van der Waals surface area (Å²) in [5, 5.41) is 2.70. The van der Waals surface area contributed by atoms with Crippen molar-refractivity contribution in [3.05, 3.63) is 47.9 Å². The highest BCUT2D eigenvalue weighted by molar-refractivity contribution is 5.97. The smallest absolute Gasteiger partial charge is 0.387 e. The first-order valence-corrected chi connectivity index (χ1v) is 6.95. The lowest BCUT2D eigenvalue weighted by Gasteiger charge is -2.14. The summed E-state index contributed by atoms with van der Waals surface area (Å²) in [5.41, 5.74) is 0.958. The molecule has 1 fully saturated rings. The summed E-state index contributed by atoms with van der Waals surface area (Å²) < 4.78 is 34.6. The number of anilines is 1. The maximum atomic E-state index is 12.4. The summed E-state index contributed by atoms with van der Waals surface area (Å²) in [6.07, 6.45) is 2.26. The quantitative estimate of drug-likeness (QED) is 0.910. The summed E-state index contributed by atoms with van der Waals surface area (Å²) in [5.74, 6) is 0.381. The van der Waals surface area contributed by atoms with Crippen LogP contribution in [0.15, 0.2) is 41.0 Å². The van der Waals surface area contributed by atoms with Crippen molar-refractivity contribution in [2.24, 2.45) is 5.92 Å². The molecule has 1 N–H and O–H groups in total. The van der Waals surface area contributed by atoms with Gasteiger partial charge in [-0.05, 0) is 37.1 Å². The monoisotopic (exact) mass is 307 g/mol. The Kier molecular flexibility index (Phi) is 3.83. The second kappa shape index (κ2) is 5.79. The molecule has 0 aliphatic heterocycles. The lowest BCUT2D eigenvalue weighted by molar-refractivity contribution is -0.117. The van der Waals surface area contributed by atoms with Gasteiger partial charge in [0, 0.05) is 11.8 Å². The maximum absolute atomic E-state index is 12.4. The Bertz CT molecular complexity index is 670. The molecule has 0 saturated heterocycles. The zero-order valence-electron chi connectivity index (χ0n) is 11.9. The van der Waals surface area contributed by atoms with E-state index in [-0.39, 0.29) is 29.2 Å². The third kappa shape index (κ3) is 2.95. The third-order valence-corrected chi connectivity index (χ3v) is 3.73. The van der Waals surface area contributed by atoms with Crippen LogP contribution < -0.4 is 10.1 Å². The number of ether oxygens (including phenoxy) is 1. The number of rotatable bonds is 5. The molecule has 6 heteroatoms. The number of nitrogens with one attached hydrogen (secondary N) is 1. The third-order valence-electron chi connectivity index (χ3n) is 3.73. The Morgan fingerprint density at radius 1 is 1.36 bits per heavy atom. The van der Waals surface area contributed by atoms with Crippen molar-refractivity contribution in [1.82, 2.24) is 0 Å². The Hall–Kier alpha value is -2.37. The van der Waals surface area contributed by atoms with Gasteiger partial charge in [-0.2, -0.15) is 8.78 Å². The van der Waals surface area contributed by atoms with Gasteiger partial charge < -0.3 is 14.5 Å². The van der Waals surface area contributed by atoms with Crippen LogP contribution in [-0.2, 0) is 4.79 Å². The van der Waals surface area contributed by atoms with E-state index in [4.69, 9.17) is 4.42 Å². The number of halogens is 2. The number of alkyl halides is 2. The molecule has 22 heavy (non-hydrogen) atoms. The Morgan fingerprint density at radius 3 is 2.86 bits per heavy atom. The van der Waals surface area contributed by atoms with Crippen molar-refractivity contribution >= 4 is 11.6 Å². The van der Waals surface area contributed by atoms with E-state index in [1.54, 1.807) is 31.4 Å². The first kappa shape index (κ1) is 14.6. The molecule has 0 unspecified atom stereocenters. The fourth-order valence-corrected chi connectivity index (χ4v) is 2.51. The van der Waals surface area contributed by atoms with Gasteiger partial charge in [-0.3, -0.25) is 4.79 Å². The Labute approximate surface area is 126 Å². The van der Waals surface area contributed by atoms with Crippen molar-refractivity contribution in [2.75, 3.05) is 5.32 Å². The molecule has 1 aromatic carbocycles. The van der Waals surface area contributed by atoms with E-state index in [0.29, 0.717) is 12.0 Å². The molecular formula is C16H15F2NO3. The van der Waals surface area contributed by atoms with Gasteiger partial charge in [0.25, 0.3) is 0 Å². The molecule has 1 amide bonds. The number of aryl methyl sites for hydroxylation is 1. The van der Waals surface area contributed by atoms with Gasteiger partial charge in [-0.15, -0.1) is 0 Å². The molecule has 0 radical (unpaired) electrons. The highest BCUT2D eigenvalue weighted by Crippen LogP contribution is 2.48. The fraction of sp³-hybridized carbons (Fsp3) is 0.312. The number of carbonyl (C=O) groups is 1. The molecule has 1 saturated carbocycles. The number of benzene rings is 1. The highest BCUT2D eigenvalue weighted by atomic mass is 19.3. The van der Waals surface area contributed by atoms with E-state index in [1.165, 1.54) is 6.07 Å². The predicted octanol–water partition coefficient (Wildman–Crippen LogP) is 3.93. The summed E-state index contributed by atoms with van der Waals surface area (Å²) in [7, 11) is 0. The van der Waals surface area contributed by atoms with Crippen LogP contribution in [0.3, 0.4) is 0 Å². The summed E-state index contributed by atoms with van der Waals surface area (Å²) in [6.45, 7) is -1.21. The summed E-state index contributed by atoms with van der Waals surface area (Å²) in [4.78, 5) is 12.3. The number of para-hydroxylation sites is 1. The lowest BCUT2D eigenvalue weighted by Crippen LogP contribution is -2.17. The lowest BCUT2D eigenvalue weighted by atomic mass is 10.1. The van der Waals surface area contributed by atoms with Crippen molar-refractivity contribution < 1.29 is 22.7 Å². The van der Waals surface area contributed by atoms with Crippen LogP contribution >= 0.6 is 0 Å². The van der Waals surface area contributed by atoms with Crippen LogP contribution in [-0.4, -0.2) is 12.5 Å². The van der Waals surface area contributed by atoms with Gasteiger partial charge in [0.2, 0.25) is 5.91 Å². The van der Waals surface area contributed by atoms with Crippen molar-refractivity contribution in [3.8, 4) is 5.75 Å². The average Bonchev–Trinajstić information content (AvgIpc) is 3.08. The summed E-state index contributed by atoms with van der Waals surface area (Å²) in [6, 6.07) is 8.34. The number of hydrogen-bond acceptors (Lipinski definition) is 3. The minimum Gasteiger partial charge on any atom is -0.469 e. The number of carbonyl (C=O) groups excluding carboxylic acids is 1. The molecule has 1 aromatic heterocycles. The minimum atomic E-state index is -2.94. The fourth-order valence-electron chi connectivity index (χ4n) is 2.51. The van der Waals surface area contributed by atoms with Crippen molar-refractivity contribution in [2.45, 2.75) is 25.9 Å². The number of furan rings is 1. The van der Waals surface area contributed by atoms with Gasteiger partial charge in [0.1, 0.15) is 11.5 Å².